The average molecular weight is 608 g/mol. The Labute approximate surface area is 247 Å². The first-order valence-electron chi connectivity index (χ1n) is 13.9. The summed E-state index contributed by atoms with van der Waals surface area (Å²) in [6.07, 6.45) is 0.721. The summed E-state index contributed by atoms with van der Waals surface area (Å²) in [6, 6.07) is 11.8. The van der Waals surface area contributed by atoms with Crippen LogP contribution in [-0.2, 0) is 20.0 Å². The fraction of sp³-hybridized carbons (Fsp3) is 0.379. The van der Waals surface area contributed by atoms with Crippen molar-refractivity contribution < 1.29 is 17.9 Å². The molecule has 42 heavy (non-hydrogen) atoms. The van der Waals surface area contributed by atoms with E-state index < -0.39 is 15.3 Å². The molecule has 4 aromatic rings. The molecule has 2 aliphatic heterocycles. The molecule has 3 N–H and O–H groups in total. The number of amides is 1. The van der Waals surface area contributed by atoms with Gasteiger partial charge < -0.3 is 20.3 Å². The molecule has 7 rings (SSSR count). The summed E-state index contributed by atoms with van der Waals surface area (Å²) < 4.78 is 29.4. The number of rotatable bonds is 6. The number of hydrogen-bond donors (Lipinski definition) is 3. The van der Waals surface area contributed by atoms with Gasteiger partial charge in [-0.1, -0.05) is 31.5 Å². The molecule has 1 amide bonds. The molecule has 0 unspecified atom stereocenters. The summed E-state index contributed by atoms with van der Waals surface area (Å²) >= 11 is 6.82. The molecule has 2 atom stereocenters. The van der Waals surface area contributed by atoms with Gasteiger partial charge in [0, 0.05) is 36.0 Å². The summed E-state index contributed by atoms with van der Waals surface area (Å²) in [6.45, 7) is 4.63. The summed E-state index contributed by atoms with van der Waals surface area (Å²) in [4.78, 5) is 24.4. The van der Waals surface area contributed by atoms with Crippen LogP contribution in [-0.4, -0.2) is 66.2 Å². The van der Waals surface area contributed by atoms with Gasteiger partial charge in [-0.05, 0) is 47.9 Å². The van der Waals surface area contributed by atoms with Crippen molar-refractivity contribution in [3.63, 3.8) is 0 Å². The zero-order chi connectivity index (χ0) is 29.4. The third-order valence-corrected chi connectivity index (χ3v) is 10.5. The number of aromatic amines is 1. The lowest BCUT2D eigenvalue weighted by Gasteiger charge is -2.29. The number of benzene rings is 2. The quantitative estimate of drug-likeness (QED) is 0.289. The van der Waals surface area contributed by atoms with E-state index >= 15 is 0 Å². The van der Waals surface area contributed by atoms with E-state index in [4.69, 9.17) is 16.3 Å². The van der Waals surface area contributed by atoms with Crippen molar-refractivity contribution >= 4 is 61.4 Å². The number of methoxy groups -OCH3 is 1. The van der Waals surface area contributed by atoms with Crippen LogP contribution in [0.4, 0.5) is 23.1 Å². The zero-order valence-corrected chi connectivity index (χ0v) is 24.9. The number of hydrogen-bond acceptors (Lipinski definition) is 9. The Morgan fingerprint density at radius 3 is 2.64 bits per heavy atom. The van der Waals surface area contributed by atoms with Crippen molar-refractivity contribution in [2.45, 2.75) is 37.5 Å². The molecule has 1 saturated heterocycles. The largest absolute Gasteiger partial charge is 0.497 e. The predicted octanol–water partition coefficient (Wildman–Crippen LogP) is 4.49. The standard InChI is InChI=1S/C29H30ClN7O4S/c1-15(2)24-32-26(23(30)27(34-24)37-8-10-42(39,40)11-9-37)33-25-18-6-4-16(12-22(18)35-36-25)20-14-29(20)19-13-17(41-3)5-7-21(19)31-28(29)38/h4-7,12-13,15,20H,8-11,14H2,1-3H3,(H,31,38)(H2,32,33,34,35,36)/t20-,29-/m0/s1. The monoisotopic (exact) mass is 607 g/mol. The highest BCUT2D eigenvalue weighted by molar-refractivity contribution is 7.91. The van der Waals surface area contributed by atoms with E-state index in [2.05, 4.69) is 30.8 Å². The Bertz CT molecular complexity index is 1860. The first kappa shape index (κ1) is 27.0. The van der Waals surface area contributed by atoms with E-state index in [9.17, 15) is 13.2 Å². The lowest BCUT2D eigenvalue weighted by atomic mass is 9.91. The molecule has 0 radical (unpaired) electrons. The molecule has 1 spiro atoms. The van der Waals surface area contributed by atoms with E-state index in [1.165, 1.54) is 0 Å². The van der Waals surface area contributed by atoms with Crippen LogP contribution in [0.25, 0.3) is 10.9 Å². The van der Waals surface area contributed by atoms with Gasteiger partial charge in [0.1, 0.15) is 16.6 Å². The first-order chi connectivity index (χ1) is 20.1. The van der Waals surface area contributed by atoms with Gasteiger partial charge >= 0.3 is 0 Å². The third kappa shape index (κ3) is 4.27. The Morgan fingerprint density at radius 1 is 1.12 bits per heavy atom. The maximum atomic E-state index is 13.1. The maximum absolute atomic E-state index is 13.1. The number of ether oxygens (including phenoxy) is 1. The number of halogens is 1. The SMILES string of the molecule is COc1ccc2c(c1)[C@]1(C[C@H]1c1ccc3c(Nc4nc(C(C)C)nc(N5CCS(=O)(=O)CC5)c4Cl)n[nH]c3c1)C(=O)N2. The molecule has 2 fully saturated rings. The number of aromatic nitrogens is 4. The molecular formula is C29H30ClN7O4S. The Kier molecular flexibility index (Phi) is 6.14. The summed E-state index contributed by atoms with van der Waals surface area (Å²) in [7, 11) is -1.43. The molecular weight excluding hydrogens is 578 g/mol. The second-order valence-electron chi connectivity index (χ2n) is 11.5. The van der Waals surface area contributed by atoms with Gasteiger partial charge in [-0.25, -0.2) is 18.4 Å². The van der Waals surface area contributed by atoms with Crippen molar-refractivity contribution in [3.8, 4) is 5.75 Å². The van der Waals surface area contributed by atoms with Crippen LogP contribution in [0.15, 0.2) is 36.4 Å². The Hall–Kier alpha value is -3.90. The number of nitrogens with zero attached hydrogens (tertiary/aromatic N) is 4. The smallest absolute Gasteiger partial charge is 0.235 e. The van der Waals surface area contributed by atoms with Crippen LogP contribution in [0, 0.1) is 0 Å². The Balaban J connectivity index is 1.19. The van der Waals surface area contributed by atoms with E-state index in [1.807, 2.05) is 55.1 Å². The van der Waals surface area contributed by atoms with Crippen molar-refractivity contribution in [3.05, 3.63) is 58.4 Å². The highest BCUT2D eigenvalue weighted by Gasteiger charge is 2.65. The topological polar surface area (TPSA) is 142 Å². The van der Waals surface area contributed by atoms with Crippen LogP contribution in [0.2, 0.25) is 5.02 Å². The van der Waals surface area contributed by atoms with Crippen LogP contribution in [0.3, 0.4) is 0 Å². The number of sulfone groups is 1. The van der Waals surface area contributed by atoms with Crippen molar-refractivity contribution in [2.75, 3.05) is 47.2 Å². The van der Waals surface area contributed by atoms with Gasteiger partial charge in [-0.3, -0.25) is 9.89 Å². The number of fused-ring (bicyclic) bond motifs is 3. The Morgan fingerprint density at radius 2 is 1.90 bits per heavy atom. The van der Waals surface area contributed by atoms with Gasteiger partial charge in [-0.15, -0.1) is 0 Å². The average Bonchev–Trinajstić information content (AvgIpc) is 3.52. The van der Waals surface area contributed by atoms with Gasteiger partial charge in [0.25, 0.3) is 0 Å². The molecule has 2 aromatic carbocycles. The minimum absolute atomic E-state index is 0.0179. The van der Waals surface area contributed by atoms with Crippen molar-refractivity contribution in [1.29, 1.82) is 0 Å². The van der Waals surface area contributed by atoms with Gasteiger partial charge in [0.2, 0.25) is 5.91 Å². The minimum Gasteiger partial charge on any atom is -0.497 e. The lowest BCUT2D eigenvalue weighted by molar-refractivity contribution is -0.118. The third-order valence-electron chi connectivity index (χ3n) is 8.56. The minimum atomic E-state index is -3.06. The second kappa shape index (κ2) is 9.56. The van der Waals surface area contributed by atoms with Crippen molar-refractivity contribution in [1.82, 2.24) is 20.2 Å². The molecule has 2 aromatic heterocycles. The van der Waals surface area contributed by atoms with Crippen LogP contribution in [0.5, 0.6) is 5.75 Å². The zero-order valence-electron chi connectivity index (χ0n) is 23.4. The van der Waals surface area contributed by atoms with Gasteiger partial charge in [0.05, 0.1) is 29.5 Å². The lowest BCUT2D eigenvalue weighted by Crippen LogP contribution is -2.41. The van der Waals surface area contributed by atoms with E-state index in [0.717, 1.165) is 39.9 Å². The van der Waals surface area contributed by atoms with Crippen LogP contribution < -0.4 is 20.3 Å². The maximum Gasteiger partial charge on any atom is 0.235 e. The molecule has 4 heterocycles. The number of H-pyrrole nitrogens is 1. The summed E-state index contributed by atoms with van der Waals surface area (Å²) in [5, 5.41) is 15.1. The number of anilines is 4. The van der Waals surface area contributed by atoms with E-state index in [-0.39, 0.29) is 29.2 Å². The van der Waals surface area contributed by atoms with Gasteiger partial charge in [-0.2, -0.15) is 5.10 Å². The normalized spacial score (nSPS) is 22.5. The molecule has 11 nitrogen and oxygen atoms in total. The van der Waals surface area contributed by atoms with Crippen LogP contribution in [0.1, 0.15) is 49.1 Å². The van der Waals surface area contributed by atoms with Crippen molar-refractivity contribution in [2.24, 2.45) is 0 Å². The van der Waals surface area contributed by atoms with Crippen LogP contribution >= 0.6 is 11.6 Å². The number of nitrogens with one attached hydrogen (secondary N) is 3. The first-order valence-corrected chi connectivity index (χ1v) is 16.1. The number of carbonyl (C=O) groups is 1. The molecule has 1 aliphatic carbocycles. The fourth-order valence-electron chi connectivity index (χ4n) is 6.09. The van der Waals surface area contributed by atoms with Gasteiger partial charge in [0.15, 0.2) is 27.3 Å². The number of carbonyl (C=O) groups excluding carboxylic acids is 1. The summed E-state index contributed by atoms with van der Waals surface area (Å²) in [5.41, 5.74) is 3.09. The molecule has 13 heteroatoms. The molecule has 0 bridgehead atoms. The highest BCUT2D eigenvalue weighted by atomic mass is 35.5. The second-order valence-corrected chi connectivity index (χ2v) is 14.1. The summed E-state index contributed by atoms with van der Waals surface area (Å²) in [5.74, 6) is 3.00. The highest BCUT2D eigenvalue weighted by Crippen LogP contribution is 2.65. The molecule has 1 saturated carbocycles. The molecule has 218 valence electrons. The fourth-order valence-corrected chi connectivity index (χ4v) is 7.54. The van der Waals surface area contributed by atoms with E-state index in [1.54, 1.807) is 7.11 Å². The van der Waals surface area contributed by atoms with E-state index in [0.29, 0.717) is 41.4 Å². The molecule has 3 aliphatic rings. The predicted molar refractivity (Wildman–Crippen MR) is 162 cm³/mol.